The van der Waals surface area contributed by atoms with Gasteiger partial charge in [-0.15, -0.1) is 0 Å². The number of rotatable bonds is 4. The van der Waals surface area contributed by atoms with Gasteiger partial charge in [-0.05, 0) is 24.0 Å². The van der Waals surface area contributed by atoms with Crippen LogP contribution in [0.3, 0.4) is 0 Å². The Kier molecular flexibility index (Phi) is 5.78. The third-order valence-electron chi connectivity index (χ3n) is 3.99. The van der Waals surface area contributed by atoms with Crippen LogP contribution in [0.25, 0.3) is 0 Å². The quantitative estimate of drug-likeness (QED) is 0.661. The van der Waals surface area contributed by atoms with Crippen molar-refractivity contribution in [1.29, 1.82) is 5.26 Å². The molecule has 2 rings (SSSR count). The van der Waals surface area contributed by atoms with Gasteiger partial charge >= 0.3 is 0 Å². The van der Waals surface area contributed by atoms with Gasteiger partial charge in [0, 0.05) is 38.1 Å². The van der Waals surface area contributed by atoms with E-state index in [1.807, 2.05) is 36.1 Å². The van der Waals surface area contributed by atoms with Crippen molar-refractivity contribution in [2.24, 2.45) is 0 Å². The van der Waals surface area contributed by atoms with E-state index in [4.69, 9.17) is 0 Å². The largest absolute Gasteiger partial charge is 0.374 e. The molecule has 0 radical (unpaired) electrons. The van der Waals surface area contributed by atoms with Crippen molar-refractivity contribution < 1.29 is 4.79 Å². The summed E-state index contributed by atoms with van der Waals surface area (Å²) in [6.07, 6.45) is 1.67. The molecule has 122 valence electrons. The van der Waals surface area contributed by atoms with Crippen molar-refractivity contribution in [2.75, 3.05) is 31.5 Å². The summed E-state index contributed by atoms with van der Waals surface area (Å²) in [7, 11) is 0. The van der Waals surface area contributed by atoms with Crippen molar-refractivity contribution in [2.45, 2.75) is 26.7 Å². The molecule has 1 heterocycles. The second-order valence-corrected chi connectivity index (χ2v) is 6.09. The summed E-state index contributed by atoms with van der Waals surface area (Å²) < 4.78 is 0. The number of nitriles is 1. The first-order chi connectivity index (χ1) is 11.0. The SMILES string of the molecule is Cc1cccc(C(C)C)c1NC(=O)/C(C#N)=C\N1CCNCC1. The lowest BCUT2D eigenvalue weighted by Gasteiger charge is -2.26. The molecule has 0 unspecified atom stereocenters. The van der Waals surface area contributed by atoms with Gasteiger partial charge in [-0.2, -0.15) is 5.26 Å². The minimum Gasteiger partial charge on any atom is -0.374 e. The molecule has 23 heavy (non-hydrogen) atoms. The second kappa shape index (κ2) is 7.80. The Morgan fingerprint density at radius 1 is 1.39 bits per heavy atom. The Bertz CT molecular complexity index is 637. The highest BCUT2D eigenvalue weighted by Gasteiger charge is 2.16. The number of piperazine rings is 1. The molecule has 0 spiro atoms. The lowest BCUT2D eigenvalue weighted by Crippen LogP contribution is -2.41. The fourth-order valence-corrected chi connectivity index (χ4v) is 2.66. The van der Waals surface area contributed by atoms with Crippen LogP contribution >= 0.6 is 0 Å². The molecule has 2 N–H and O–H groups in total. The fourth-order valence-electron chi connectivity index (χ4n) is 2.66. The minimum atomic E-state index is -0.345. The van der Waals surface area contributed by atoms with E-state index >= 15 is 0 Å². The number of hydrogen-bond acceptors (Lipinski definition) is 4. The molecule has 5 heteroatoms. The number of carbonyl (C=O) groups excluding carboxylic acids is 1. The molecule has 1 fully saturated rings. The Hall–Kier alpha value is -2.32. The highest BCUT2D eigenvalue weighted by Crippen LogP contribution is 2.27. The Labute approximate surface area is 138 Å². The van der Waals surface area contributed by atoms with Crippen LogP contribution in [-0.4, -0.2) is 37.0 Å². The van der Waals surface area contributed by atoms with Gasteiger partial charge in [0.05, 0.1) is 0 Å². The zero-order valence-corrected chi connectivity index (χ0v) is 14.0. The summed E-state index contributed by atoms with van der Waals surface area (Å²) in [5.74, 6) is -0.0462. The van der Waals surface area contributed by atoms with E-state index in [0.717, 1.165) is 43.0 Å². The molecular formula is C18H24N4O. The summed E-state index contributed by atoms with van der Waals surface area (Å²) >= 11 is 0. The van der Waals surface area contributed by atoms with Gasteiger partial charge < -0.3 is 15.5 Å². The van der Waals surface area contributed by atoms with Gasteiger partial charge in [0.1, 0.15) is 11.6 Å². The molecule has 0 saturated carbocycles. The predicted molar refractivity (Wildman–Crippen MR) is 92.0 cm³/mol. The van der Waals surface area contributed by atoms with Crippen molar-refractivity contribution >= 4 is 11.6 Å². The number of aryl methyl sites for hydroxylation is 1. The molecule has 0 aromatic heterocycles. The molecule has 1 aromatic carbocycles. The third kappa shape index (κ3) is 4.33. The number of anilines is 1. The topological polar surface area (TPSA) is 68.2 Å². The van der Waals surface area contributed by atoms with E-state index in [1.165, 1.54) is 0 Å². The maximum atomic E-state index is 12.5. The summed E-state index contributed by atoms with van der Waals surface area (Å²) in [5, 5.41) is 15.5. The van der Waals surface area contributed by atoms with Gasteiger partial charge in [0.2, 0.25) is 0 Å². The van der Waals surface area contributed by atoms with Gasteiger partial charge in [0.25, 0.3) is 5.91 Å². The predicted octanol–water partition coefficient (Wildman–Crippen LogP) is 2.37. The number of amides is 1. The van der Waals surface area contributed by atoms with Crippen molar-refractivity contribution in [3.63, 3.8) is 0 Å². The maximum Gasteiger partial charge on any atom is 0.267 e. The molecular weight excluding hydrogens is 288 g/mol. The average molecular weight is 312 g/mol. The molecule has 5 nitrogen and oxygen atoms in total. The lowest BCUT2D eigenvalue weighted by atomic mass is 9.98. The van der Waals surface area contributed by atoms with Gasteiger partial charge in [-0.3, -0.25) is 4.79 Å². The first-order valence-corrected chi connectivity index (χ1v) is 8.00. The molecule has 1 amide bonds. The average Bonchev–Trinajstić information content (AvgIpc) is 2.55. The highest BCUT2D eigenvalue weighted by molar-refractivity contribution is 6.07. The van der Waals surface area contributed by atoms with Crippen molar-refractivity contribution in [1.82, 2.24) is 10.2 Å². The van der Waals surface area contributed by atoms with Crippen LogP contribution in [0, 0.1) is 18.3 Å². The summed E-state index contributed by atoms with van der Waals surface area (Å²) in [4.78, 5) is 14.5. The van der Waals surface area contributed by atoms with Crippen LogP contribution in [0.15, 0.2) is 30.0 Å². The van der Waals surface area contributed by atoms with E-state index < -0.39 is 0 Å². The fraction of sp³-hybridized carbons (Fsp3) is 0.444. The maximum absolute atomic E-state index is 12.5. The monoisotopic (exact) mass is 312 g/mol. The number of hydrogen-bond donors (Lipinski definition) is 2. The van der Waals surface area contributed by atoms with E-state index in [9.17, 15) is 10.1 Å². The first kappa shape index (κ1) is 17.0. The van der Waals surface area contributed by atoms with E-state index in [-0.39, 0.29) is 11.5 Å². The number of benzene rings is 1. The number of carbonyl (C=O) groups is 1. The van der Waals surface area contributed by atoms with Crippen LogP contribution in [0.1, 0.15) is 30.9 Å². The molecule has 1 saturated heterocycles. The van der Waals surface area contributed by atoms with Crippen LogP contribution in [0.2, 0.25) is 0 Å². The van der Waals surface area contributed by atoms with Crippen LogP contribution in [-0.2, 0) is 4.79 Å². The number of nitrogens with one attached hydrogen (secondary N) is 2. The van der Waals surface area contributed by atoms with Crippen LogP contribution in [0.4, 0.5) is 5.69 Å². The molecule has 1 aliphatic heterocycles. The van der Waals surface area contributed by atoms with Crippen molar-refractivity contribution in [3.05, 3.63) is 41.1 Å². The Morgan fingerprint density at radius 2 is 2.09 bits per heavy atom. The number of nitrogens with zero attached hydrogens (tertiary/aromatic N) is 2. The van der Waals surface area contributed by atoms with Gasteiger partial charge in [-0.25, -0.2) is 0 Å². The molecule has 1 aromatic rings. The summed E-state index contributed by atoms with van der Waals surface area (Å²) in [5.41, 5.74) is 3.04. The molecule has 0 atom stereocenters. The highest BCUT2D eigenvalue weighted by atomic mass is 16.1. The zero-order valence-electron chi connectivity index (χ0n) is 14.0. The molecule has 0 aliphatic carbocycles. The van der Waals surface area contributed by atoms with E-state index in [2.05, 4.69) is 24.5 Å². The van der Waals surface area contributed by atoms with Crippen LogP contribution < -0.4 is 10.6 Å². The Balaban J connectivity index is 2.20. The second-order valence-electron chi connectivity index (χ2n) is 6.09. The minimum absolute atomic E-state index is 0.143. The zero-order chi connectivity index (χ0) is 16.8. The normalized spacial score (nSPS) is 15.4. The van der Waals surface area contributed by atoms with E-state index in [0.29, 0.717) is 5.92 Å². The first-order valence-electron chi connectivity index (χ1n) is 8.00. The smallest absolute Gasteiger partial charge is 0.267 e. The Morgan fingerprint density at radius 3 is 2.70 bits per heavy atom. The number of para-hydroxylation sites is 1. The lowest BCUT2D eigenvalue weighted by molar-refractivity contribution is -0.112. The van der Waals surface area contributed by atoms with Crippen LogP contribution in [0.5, 0.6) is 0 Å². The van der Waals surface area contributed by atoms with E-state index in [1.54, 1.807) is 6.20 Å². The summed E-state index contributed by atoms with van der Waals surface area (Å²) in [6.45, 7) is 9.49. The summed E-state index contributed by atoms with van der Waals surface area (Å²) in [6, 6.07) is 7.99. The molecule has 0 bridgehead atoms. The third-order valence-corrected chi connectivity index (χ3v) is 3.99. The standard InChI is InChI=1S/C18H24N4O/c1-13(2)16-6-4-5-14(3)17(16)21-18(23)15(11-19)12-22-9-7-20-8-10-22/h4-6,12-13,20H,7-10H2,1-3H3,(H,21,23)/b15-12-. The van der Waals surface area contributed by atoms with Crippen molar-refractivity contribution in [3.8, 4) is 6.07 Å². The van der Waals surface area contributed by atoms with Gasteiger partial charge in [0.15, 0.2) is 0 Å². The van der Waals surface area contributed by atoms with Gasteiger partial charge in [-0.1, -0.05) is 32.0 Å². The molecule has 1 aliphatic rings.